The maximum Gasteiger partial charge on any atom is 0.166 e. The third kappa shape index (κ3) is 3.95. The maximum atomic E-state index is 13.7. The summed E-state index contributed by atoms with van der Waals surface area (Å²) in [5.74, 6) is 0.148. The molecule has 0 aromatic heterocycles. The molecule has 20 heavy (non-hydrogen) atoms. The van der Waals surface area contributed by atoms with Crippen LogP contribution in [0.1, 0.15) is 12.5 Å². The van der Waals surface area contributed by atoms with Crippen molar-refractivity contribution in [3.05, 3.63) is 57.3 Å². The highest BCUT2D eigenvalue weighted by molar-refractivity contribution is 9.10. The standard InChI is InChI=1S/C15H14BrClFNO/c1-2-19-9-10-3-5-14(12(17)7-10)20-15-6-4-11(16)8-13(15)18/h3-8,19H,2,9H2,1H3. The van der Waals surface area contributed by atoms with Gasteiger partial charge in [0.05, 0.1) is 5.02 Å². The number of halogens is 3. The van der Waals surface area contributed by atoms with Crippen molar-refractivity contribution in [3.8, 4) is 11.5 Å². The molecular formula is C15H14BrClFNO. The molecule has 0 fully saturated rings. The Kier molecular flexibility index (Phi) is 5.40. The molecular weight excluding hydrogens is 345 g/mol. The molecule has 2 aromatic carbocycles. The van der Waals surface area contributed by atoms with Gasteiger partial charge in [-0.05, 0) is 42.4 Å². The molecule has 0 aliphatic heterocycles. The molecule has 1 N–H and O–H groups in total. The number of hydrogen-bond donors (Lipinski definition) is 1. The van der Waals surface area contributed by atoms with Crippen LogP contribution in [0.4, 0.5) is 4.39 Å². The van der Waals surface area contributed by atoms with E-state index in [9.17, 15) is 4.39 Å². The predicted molar refractivity (Wildman–Crippen MR) is 83.0 cm³/mol. The summed E-state index contributed by atoms with van der Waals surface area (Å²) in [6.45, 7) is 3.67. The summed E-state index contributed by atoms with van der Waals surface area (Å²) in [6.07, 6.45) is 0. The summed E-state index contributed by atoms with van der Waals surface area (Å²) in [6, 6.07) is 10.1. The van der Waals surface area contributed by atoms with Crippen LogP contribution in [0.15, 0.2) is 40.9 Å². The molecule has 0 saturated carbocycles. The van der Waals surface area contributed by atoms with Crippen molar-refractivity contribution in [1.29, 1.82) is 0 Å². The van der Waals surface area contributed by atoms with E-state index in [1.54, 1.807) is 18.2 Å². The van der Waals surface area contributed by atoms with Gasteiger partial charge in [-0.3, -0.25) is 0 Å². The molecule has 2 rings (SSSR count). The van der Waals surface area contributed by atoms with Crippen molar-refractivity contribution in [2.75, 3.05) is 6.54 Å². The lowest BCUT2D eigenvalue weighted by Gasteiger charge is -2.10. The number of nitrogens with one attached hydrogen (secondary N) is 1. The van der Waals surface area contributed by atoms with Crippen molar-refractivity contribution in [2.24, 2.45) is 0 Å². The normalized spacial score (nSPS) is 10.6. The first kappa shape index (κ1) is 15.3. The highest BCUT2D eigenvalue weighted by Crippen LogP contribution is 2.32. The van der Waals surface area contributed by atoms with E-state index in [-0.39, 0.29) is 5.75 Å². The van der Waals surface area contributed by atoms with E-state index in [2.05, 4.69) is 21.2 Å². The van der Waals surface area contributed by atoms with E-state index >= 15 is 0 Å². The average molecular weight is 359 g/mol. The highest BCUT2D eigenvalue weighted by atomic mass is 79.9. The lowest BCUT2D eigenvalue weighted by molar-refractivity contribution is 0.442. The zero-order chi connectivity index (χ0) is 14.5. The molecule has 0 amide bonds. The monoisotopic (exact) mass is 357 g/mol. The Bertz CT molecular complexity index is 606. The summed E-state index contributed by atoms with van der Waals surface area (Å²) < 4.78 is 19.9. The molecule has 0 bridgehead atoms. The number of ether oxygens (including phenoxy) is 1. The van der Waals surface area contributed by atoms with Crippen molar-refractivity contribution in [3.63, 3.8) is 0 Å². The lowest BCUT2D eigenvalue weighted by atomic mass is 10.2. The van der Waals surface area contributed by atoms with Crippen LogP contribution in [0.3, 0.4) is 0 Å². The molecule has 0 unspecified atom stereocenters. The van der Waals surface area contributed by atoms with Gasteiger partial charge in [0.2, 0.25) is 0 Å². The second kappa shape index (κ2) is 7.07. The molecule has 2 aromatic rings. The lowest BCUT2D eigenvalue weighted by Crippen LogP contribution is -2.11. The van der Waals surface area contributed by atoms with Crippen LogP contribution in [0.5, 0.6) is 11.5 Å². The van der Waals surface area contributed by atoms with E-state index in [4.69, 9.17) is 16.3 Å². The molecule has 0 radical (unpaired) electrons. The molecule has 106 valence electrons. The van der Waals surface area contributed by atoms with E-state index in [1.807, 2.05) is 19.1 Å². The number of rotatable bonds is 5. The van der Waals surface area contributed by atoms with Crippen molar-refractivity contribution in [2.45, 2.75) is 13.5 Å². The fourth-order valence-corrected chi connectivity index (χ4v) is 2.26. The fraction of sp³-hybridized carbons (Fsp3) is 0.200. The van der Waals surface area contributed by atoms with Gasteiger partial charge in [0.1, 0.15) is 5.75 Å². The van der Waals surface area contributed by atoms with Crippen LogP contribution in [0, 0.1) is 5.82 Å². The first-order valence-corrected chi connectivity index (χ1v) is 7.39. The van der Waals surface area contributed by atoms with Crippen molar-refractivity contribution >= 4 is 27.5 Å². The number of hydrogen-bond acceptors (Lipinski definition) is 2. The minimum absolute atomic E-state index is 0.148. The molecule has 5 heteroatoms. The molecule has 0 saturated heterocycles. The van der Waals surface area contributed by atoms with Gasteiger partial charge in [0.25, 0.3) is 0 Å². The first-order valence-electron chi connectivity index (χ1n) is 6.22. The third-order valence-corrected chi connectivity index (χ3v) is 3.48. The van der Waals surface area contributed by atoms with E-state index in [1.165, 1.54) is 6.07 Å². The van der Waals surface area contributed by atoms with Crippen LogP contribution in [-0.2, 0) is 6.54 Å². The quantitative estimate of drug-likeness (QED) is 0.798. The Labute approximate surface area is 131 Å². The molecule has 0 atom stereocenters. The molecule has 0 heterocycles. The van der Waals surface area contributed by atoms with Gasteiger partial charge in [0, 0.05) is 11.0 Å². The summed E-state index contributed by atoms with van der Waals surface area (Å²) in [5, 5.41) is 3.67. The van der Waals surface area contributed by atoms with Crippen LogP contribution >= 0.6 is 27.5 Å². The van der Waals surface area contributed by atoms with Gasteiger partial charge >= 0.3 is 0 Å². The molecule has 0 spiro atoms. The molecule has 0 aliphatic carbocycles. The maximum absolute atomic E-state index is 13.7. The van der Waals surface area contributed by atoms with Crippen LogP contribution in [0.2, 0.25) is 5.02 Å². The topological polar surface area (TPSA) is 21.3 Å². The van der Waals surface area contributed by atoms with Gasteiger partial charge in [0.15, 0.2) is 11.6 Å². The second-order valence-electron chi connectivity index (χ2n) is 4.22. The Morgan fingerprint density at radius 3 is 2.60 bits per heavy atom. The first-order chi connectivity index (χ1) is 9.60. The minimum Gasteiger partial charge on any atom is -0.453 e. The van der Waals surface area contributed by atoms with Gasteiger partial charge in [-0.1, -0.05) is 40.5 Å². The largest absolute Gasteiger partial charge is 0.453 e. The van der Waals surface area contributed by atoms with Crippen LogP contribution < -0.4 is 10.1 Å². The Morgan fingerprint density at radius 2 is 1.95 bits per heavy atom. The summed E-state index contributed by atoms with van der Waals surface area (Å²) in [7, 11) is 0. The Morgan fingerprint density at radius 1 is 1.20 bits per heavy atom. The van der Waals surface area contributed by atoms with Crippen molar-refractivity contribution < 1.29 is 9.13 Å². The minimum atomic E-state index is -0.438. The summed E-state index contributed by atoms with van der Waals surface area (Å²) in [5.41, 5.74) is 1.06. The van der Waals surface area contributed by atoms with Crippen molar-refractivity contribution in [1.82, 2.24) is 5.32 Å². The summed E-state index contributed by atoms with van der Waals surface area (Å²) >= 11 is 9.36. The Hall–Kier alpha value is -1.10. The highest BCUT2D eigenvalue weighted by Gasteiger charge is 2.09. The molecule has 2 nitrogen and oxygen atoms in total. The smallest absolute Gasteiger partial charge is 0.166 e. The molecule has 0 aliphatic rings. The van der Waals surface area contributed by atoms with Gasteiger partial charge in [-0.2, -0.15) is 0 Å². The fourth-order valence-electron chi connectivity index (χ4n) is 1.68. The van der Waals surface area contributed by atoms with E-state index < -0.39 is 5.82 Å². The zero-order valence-electron chi connectivity index (χ0n) is 10.9. The third-order valence-electron chi connectivity index (χ3n) is 2.69. The van der Waals surface area contributed by atoms with Gasteiger partial charge in [-0.15, -0.1) is 0 Å². The van der Waals surface area contributed by atoms with Crippen LogP contribution in [-0.4, -0.2) is 6.54 Å². The van der Waals surface area contributed by atoms with E-state index in [0.29, 0.717) is 15.2 Å². The summed E-state index contributed by atoms with van der Waals surface area (Å²) in [4.78, 5) is 0. The predicted octanol–water partition coefficient (Wildman–Crippen LogP) is 5.14. The van der Waals surface area contributed by atoms with Gasteiger partial charge in [-0.25, -0.2) is 4.39 Å². The van der Waals surface area contributed by atoms with Crippen LogP contribution in [0.25, 0.3) is 0 Å². The number of benzene rings is 2. The zero-order valence-corrected chi connectivity index (χ0v) is 13.3. The Balaban J connectivity index is 2.17. The average Bonchev–Trinajstić information content (AvgIpc) is 2.42. The second-order valence-corrected chi connectivity index (χ2v) is 5.54. The van der Waals surface area contributed by atoms with Gasteiger partial charge < -0.3 is 10.1 Å². The SMILES string of the molecule is CCNCc1ccc(Oc2ccc(Br)cc2F)c(Cl)c1. The van der Waals surface area contributed by atoms with E-state index in [0.717, 1.165) is 18.7 Å².